The smallest absolute Gasteiger partial charge is 0.227 e. The Hall–Kier alpha value is -1.16. The third kappa shape index (κ3) is 3.73. The van der Waals surface area contributed by atoms with Crippen LogP contribution in [0.1, 0.15) is 46.5 Å². The van der Waals surface area contributed by atoms with E-state index >= 15 is 0 Å². The zero-order valence-corrected chi connectivity index (χ0v) is 13.7. The number of likely N-dealkylation sites (tertiary alicyclic amines) is 1. The van der Waals surface area contributed by atoms with Crippen LogP contribution in [0.5, 0.6) is 0 Å². The molecule has 1 atom stereocenters. The number of piperidine rings is 1. The van der Waals surface area contributed by atoms with E-state index < -0.39 is 0 Å². The van der Waals surface area contributed by atoms with Gasteiger partial charge in [0.2, 0.25) is 5.91 Å². The van der Waals surface area contributed by atoms with Gasteiger partial charge in [0.15, 0.2) is 5.78 Å². The Bertz CT molecular complexity index is 440. The molecule has 0 spiro atoms. The number of nitrogens with zero attached hydrogens (tertiary/aromatic N) is 1. The van der Waals surface area contributed by atoms with E-state index in [1.165, 1.54) is 0 Å². The molecule has 4 nitrogen and oxygen atoms in total. The van der Waals surface area contributed by atoms with Crippen LogP contribution in [0.2, 0.25) is 0 Å². The maximum Gasteiger partial charge on any atom is 0.227 e. The number of nitrogens with one attached hydrogen (secondary N) is 1. The molecule has 1 aliphatic carbocycles. The number of amides is 1. The largest absolute Gasteiger partial charge is 0.351 e. The first kappa shape index (κ1) is 16.2. The van der Waals surface area contributed by atoms with Crippen molar-refractivity contribution in [2.45, 2.75) is 52.0 Å². The third-order valence-electron chi connectivity index (χ3n) is 4.75. The fraction of sp³-hybridized carbons (Fsp3) is 0.765. The van der Waals surface area contributed by atoms with E-state index in [-0.39, 0.29) is 28.6 Å². The SMILES string of the molecule is CN1CCC(C(=O)NC(C)(C)C)(C2C=CC(=O)CC2)CC1. The lowest BCUT2D eigenvalue weighted by atomic mass is 9.65. The molecule has 1 saturated heterocycles. The van der Waals surface area contributed by atoms with E-state index in [1.807, 2.05) is 26.8 Å². The molecule has 0 bridgehead atoms. The highest BCUT2D eigenvalue weighted by Gasteiger charge is 2.47. The monoisotopic (exact) mass is 292 g/mol. The molecule has 2 aliphatic rings. The van der Waals surface area contributed by atoms with Gasteiger partial charge in [0.25, 0.3) is 0 Å². The van der Waals surface area contributed by atoms with Crippen molar-refractivity contribution in [1.29, 1.82) is 0 Å². The van der Waals surface area contributed by atoms with Crippen LogP contribution in [0.15, 0.2) is 12.2 Å². The number of hydrogen-bond donors (Lipinski definition) is 1. The van der Waals surface area contributed by atoms with Gasteiger partial charge in [-0.15, -0.1) is 0 Å². The Balaban J connectivity index is 2.24. The summed E-state index contributed by atoms with van der Waals surface area (Å²) < 4.78 is 0. The molecular weight excluding hydrogens is 264 g/mol. The summed E-state index contributed by atoms with van der Waals surface area (Å²) in [5.41, 5.74) is -0.571. The third-order valence-corrected chi connectivity index (χ3v) is 4.75. The van der Waals surface area contributed by atoms with Gasteiger partial charge >= 0.3 is 0 Å². The Morgan fingerprint density at radius 3 is 2.43 bits per heavy atom. The van der Waals surface area contributed by atoms with Gasteiger partial charge < -0.3 is 10.2 Å². The molecule has 118 valence electrons. The van der Waals surface area contributed by atoms with Gasteiger partial charge in [0.05, 0.1) is 5.41 Å². The lowest BCUT2D eigenvalue weighted by Crippen LogP contribution is -2.55. The lowest BCUT2D eigenvalue weighted by Gasteiger charge is -2.45. The van der Waals surface area contributed by atoms with Crippen molar-refractivity contribution in [2.24, 2.45) is 11.3 Å². The summed E-state index contributed by atoms with van der Waals surface area (Å²) >= 11 is 0. The second-order valence-electron chi connectivity index (χ2n) is 7.63. The van der Waals surface area contributed by atoms with Crippen LogP contribution in [-0.2, 0) is 9.59 Å². The van der Waals surface area contributed by atoms with Crippen molar-refractivity contribution in [3.05, 3.63) is 12.2 Å². The van der Waals surface area contributed by atoms with E-state index in [0.717, 1.165) is 32.4 Å². The predicted molar refractivity (Wildman–Crippen MR) is 83.9 cm³/mol. The van der Waals surface area contributed by atoms with Gasteiger partial charge in [0.1, 0.15) is 0 Å². The highest BCUT2D eigenvalue weighted by Crippen LogP contribution is 2.43. The zero-order chi connectivity index (χ0) is 15.7. The van der Waals surface area contributed by atoms with E-state index in [2.05, 4.69) is 17.3 Å². The molecule has 0 aromatic heterocycles. The number of rotatable bonds is 2. The second-order valence-corrected chi connectivity index (χ2v) is 7.63. The molecule has 0 aromatic rings. The number of carbonyl (C=O) groups is 2. The summed E-state index contributed by atoms with van der Waals surface area (Å²) in [4.78, 5) is 26.7. The van der Waals surface area contributed by atoms with Crippen molar-refractivity contribution in [3.63, 3.8) is 0 Å². The lowest BCUT2D eigenvalue weighted by molar-refractivity contribution is -0.139. The number of allylic oxidation sites excluding steroid dienone is 2. The van der Waals surface area contributed by atoms with Gasteiger partial charge in [-0.25, -0.2) is 0 Å². The first-order valence-electron chi connectivity index (χ1n) is 7.95. The van der Waals surface area contributed by atoms with Gasteiger partial charge in [-0.3, -0.25) is 9.59 Å². The van der Waals surface area contributed by atoms with Crippen molar-refractivity contribution in [3.8, 4) is 0 Å². The van der Waals surface area contributed by atoms with Crippen LogP contribution in [-0.4, -0.2) is 42.3 Å². The van der Waals surface area contributed by atoms with Crippen molar-refractivity contribution in [1.82, 2.24) is 10.2 Å². The fourth-order valence-corrected chi connectivity index (χ4v) is 3.41. The normalized spacial score (nSPS) is 26.7. The van der Waals surface area contributed by atoms with E-state index in [1.54, 1.807) is 6.08 Å². The quantitative estimate of drug-likeness (QED) is 0.848. The minimum absolute atomic E-state index is 0.159. The summed E-state index contributed by atoms with van der Waals surface area (Å²) in [6.45, 7) is 7.95. The maximum absolute atomic E-state index is 13.0. The maximum atomic E-state index is 13.0. The second kappa shape index (κ2) is 5.91. The number of hydrogen-bond acceptors (Lipinski definition) is 3. The summed E-state index contributed by atoms with van der Waals surface area (Å²) in [7, 11) is 2.10. The topological polar surface area (TPSA) is 49.4 Å². The van der Waals surface area contributed by atoms with Crippen molar-refractivity contribution < 1.29 is 9.59 Å². The Morgan fingerprint density at radius 1 is 1.33 bits per heavy atom. The standard InChI is InChI=1S/C17H28N2O2/c1-16(2,3)18-15(21)17(9-11-19(4)12-10-17)13-5-7-14(20)8-6-13/h5,7,13H,6,8-12H2,1-4H3,(H,18,21). The van der Waals surface area contributed by atoms with E-state index in [4.69, 9.17) is 0 Å². The fourth-order valence-electron chi connectivity index (χ4n) is 3.41. The molecule has 1 N–H and O–H groups in total. The average molecular weight is 292 g/mol. The van der Waals surface area contributed by atoms with E-state index in [9.17, 15) is 9.59 Å². The summed E-state index contributed by atoms with van der Waals surface area (Å²) in [5, 5.41) is 3.18. The van der Waals surface area contributed by atoms with Crippen LogP contribution in [0, 0.1) is 11.3 Å². The minimum Gasteiger partial charge on any atom is -0.351 e. The minimum atomic E-state index is -0.350. The first-order valence-corrected chi connectivity index (χ1v) is 7.95. The van der Waals surface area contributed by atoms with E-state index in [0.29, 0.717) is 6.42 Å². The molecule has 1 unspecified atom stereocenters. The molecular formula is C17H28N2O2. The number of carbonyl (C=O) groups excluding carboxylic acids is 2. The zero-order valence-electron chi connectivity index (χ0n) is 13.7. The summed E-state index contributed by atoms with van der Waals surface area (Å²) in [5.74, 6) is 0.531. The first-order chi connectivity index (χ1) is 9.73. The highest BCUT2D eigenvalue weighted by molar-refractivity contribution is 5.91. The Labute approximate surface area is 128 Å². The van der Waals surface area contributed by atoms with Gasteiger partial charge in [0, 0.05) is 12.0 Å². The van der Waals surface area contributed by atoms with Crippen LogP contribution in [0.4, 0.5) is 0 Å². The van der Waals surface area contributed by atoms with Crippen LogP contribution < -0.4 is 5.32 Å². The van der Waals surface area contributed by atoms with Crippen LogP contribution >= 0.6 is 0 Å². The van der Waals surface area contributed by atoms with Crippen LogP contribution in [0.25, 0.3) is 0 Å². The molecule has 2 rings (SSSR count). The molecule has 4 heteroatoms. The van der Waals surface area contributed by atoms with Gasteiger partial charge in [-0.2, -0.15) is 0 Å². The molecule has 0 saturated carbocycles. The number of ketones is 1. The average Bonchev–Trinajstić information content (AvgIpc) is 2.39. The van der Waals surface area contributed by atoms with Crippen molar-refractivity contribution >= 4 is 11.7 Å². The molecule has 1 amide bonds. The molecule has 1 aliphatic heterocycles. The van der Waals surface area contributed by atoms with Crippen LogP contribution in [0.3, 0.4) is 0 Å². The Kier molecular flexibility index (Phi) is 4.57. The molecule has 21 heavy (non-hydrogen) atoms. The molecule has 1 heterocycles. The summed E-state index contributed by atoms with van der Waals surface area (Å²) in [6, 6.07) is 0. The van der Waals surface area contributed by atoms with Crippen molar-refractivity contribution in [2.75, 3.05) is 20.1 Å². The molecule has 1 fully saturated rings. The predicted octanol–water partition coefficient (Wildman–Crippen LogP) is 2.15. The molecule has 0 radical (unpaired) electrons. The van der Waals surface area contributed by atoms with Gasteiger partial charge in [-0.05, 0) is 72.2 Å². The summed E-state index contributed by atoms with van der Waals surface area (Å²) in [6.07, 6.45) is 6.78. The highest BCUT2D eigenvalue weighted by atomic mass is 16.2. The van der Waals surface area contributed by atoms with Gasteiger partial charge in [-0.1, -0.05) is 6.08 Å². The Morgan fingerprint density at radius 2 is 1.95 bits per heavy atom. The molecule has 0 aromatic carbocycles.